The smallest absolute Gasteiger partial charge is 0.405 e. The summed E-state index contributed by atoms with van der Waals surface area (Å²) in [4.78, 5) is 63.4. The van der Waals surface area contributed by atoms with Crippen molar-refractivity contribution in [3.8, 4) is 5.75 Å². The van der Waals surface area contributed by atoms with Crippen LogP contribution in [0.4, 0.5) is 30.7 Å². The van der Waals surface area contributed by atoms with Crippen LogP contribution in [0.5, 0.6) is 5.75 Å². The predicted molar refractivity (Wildman–Crippen MR) is 153 cm³/mol. The van der Waals surface area contributed by atoms with Crippen LogP contribution in [0.15, 0.2) is 48.5 Å². The number of nitrogens with one attached hydrogen (secondary N) is 4. The van der Waals surface area contributed by atoms with Crippen molar-refractivity contribution in [3.63, 3.8) is 0 Å². The lowest BCUT2D eigenvalue weighted by molar-refractivity contribution is -0.165. The van der Waals surface area contributed by atoms with Gasteiger partial charge in [-0.15, -0.1) is 0 Å². The number of hydrogen-bond donors (Lipinski definition) is 4. The molecule has 3 unspecified atom stereocenters. The molecular formula is C29H30ClF7N4O6. The minimum Gasteiger partial charge on any atom is -0.497 e. The lowest BCUT2D eigenvalue weighted by Crippen LogP contribution is -2.58. The summed E-state index contributed by atoms with van der Waals surface area (Å²) < 4.78 is 101. The summed E-state index contributed by atoms with van der Waals surface area (Å²) in [7, 11) is 1.31. The first-order chi connectivity index (χ1) is 21.6. The first-order valence-electron chi connectivity index (χ1n) is 13.6. The lowest BCUT2D eigenvalue weighted by Gasteiger charge is -2.28. The number of benzene rings is 2. The van der Waals surface area contributed by atoms with Gasteiger partial charge in [-0.1, -0.05) is 49.7 Å². The number of halogens is 8. The standard InChI is InChI=1S/C29H30ClF7N4O6/c1-14(2)20(22(42)29(36,37)25(45)38-13-27(31,32)33)40-24(44)21(16-8-10-19(47-4)11-9-16)41-23(43)15(3)39-26(46)28(34,35)17-6-5-7-18(30)12-17/h5-12,14-15,20-21H,13H2,1-4H3,(H,38,45)(H,39,46)(H,40,44)(H,41,43). The van der Waals surface area contributed by atoms with Gasteiger partial charge in [-0.25, -0.2) is 0 Å². The highest BCUT2D eigenvalue weighted by atomic mass is 35.5. The second kappa shape index (κ2) is 15.5. The van der Waals surface area contributed by atoms with E-state index in [1.807, 2.05) is 10.6 Å². The van der Waals surface area contributed by atoms with Crippen LogP contribution in [0, 0.1) is 5.92 Å². The molecule has 2 rings (SSSR count). The van der Waals surface area contributed by atoms with Crippen LogP contribution in [0.2, 0.25) is 5.02 Å². The molecular weight excluding hydrogens is 669 g/mol. The van der Waals surface area contributed by atoms with Gasteiger partial charge in [0.1, 0.15) is 24.4 Å². The summed E-state index contributed by atoms with van der Waals surface area (Å²) in [6, 6.07) is 3.71. The minimum atomic E-state index is -5.06. The zero-order valence-electron chi connectivity index (χ0n) is 25.1. The molecule has 0 fully saturated rings. The molecule has 47 heavy (non-hydrogen) atoms. The van der Waals surface area contributed by atoms with Gasteiger partial charge in [0.25, 0.3) is 11.8 Å². The fourth-order valence-corrected chi connectivity index (χ4v) is 4.09. The van der Waals surface area contributed by atoms with Crippen molar-refractivity contribution in [2.24, 2.45) is 5.92 Å². The van der Waals surface area contributed by atoms with E-state index in [1.54, 1.807) is 0 Å². The minimum absolute atomic E-state index is 0.0379. The topological polar surface area (TPSA) is 143 Å². The number of Topliss-reactive ketones (excluding diaryl/α,β-unsaturated/α-hetero) is 1. The maximum atomic E-state index is 14.8. The van der Waals surface area contributed by atoms with E-state index < -0.39 is 83.6 Å². The average molecular weight is 699 g/mol. The zero-order chi connectivity index (χ0) is 35.9. The molecule has 2 aromatic carbocycles. The summed E-state index contributed by atoms with van der Waals surface area (Å²) in [5.74, 6) is -19.3. The number of rotatable bonds is 14. The Balaban J connectivity index is 2.33. The third-order valence-corrected chi connectivity index (χ3v) is 6.74. The van der Waals surface area contributed by atoms with Crippen LogP contribution in [0.3, 0.4) is 0 Å². The molecule has 0 bridgehead atoms. The van der Waals surface area contributed by atoms with Crippen LogP contribution in [-0.2, 0) is 29.9 Å². The predicted octanol–water partition coefficient (Wildman–Crippen LogP) is 3.83. The second-order valence-electron chi connectivity index (χ2n) is 10.5. The molecule has 0 aliphatic rings. The molecule has 0 radical (unpaired) electrons. The van der Waals surface area contributed by atoms with Crippen LogP contribution < -0.4 is 26.0 Å². The highest BCUT2D eigenvalue weighted by Gasteiger charge is 2.52. The highest BCUT2D eigenvalue weighted by molar-refractivity contribution is 6.30. The highest BCUT2D eigenvalue weighted by Crippen LogP contribution is 2.30. The third-order valence-electron chi connectivity index (χ3n) is 6.50. The van der Waals surface area contributed by atoms with Crippen LogP contribution in [-0.4, -0.2) is 67.2 Å². The Bertz CT molecular complexity index is 1470. The summed E-state index contributed by atoms with van der Waals surface area (Å²) in [5, 5.41) is 6.80. The molecule has 0 aromatic heterocycles. The zero-order valence-corrected chi connectivity index (χ0v) is 25.9. The average Bonchev–Trinajstić information content (AvgIpc) is 2.99. The van der Waals surface area contributed by atoms with Crippen molar-refractivity contribution in [3.05, 3.63) is 64.7 Å². The van der Waals surface area contributed by atoms with Crippen molar-refractivity contribution >= 4 is 41.0 Å². The van der Waals surface area contributed by atoms with Gasteiger partial charge in [-0.2, -0.15) is 30.7 Å². The Kier molecular flexibility index (Phi) is 12.7. The number of ketones is 1. The number of carbonyl (C=O) groups is 5. The second-order valence-corrected chi connectivity index (χ2v) is 10.9. The molecule has 0 saturated heterocycles. The van der Waals surface area contributed by atoms with Crippen molar-refractivity contribution in [2.45, 2.75) is 56.9 Å². The first kappa shape index (κ1) is 38.8. The molecule has 0 saturated carbocycles. The van der Waals surface area contributed by atoms with E-state index in [-0.39, 0.29) is 16.3 Å². The maximum Gasteiger partial charge on any atom is 0.405 e. The quantitative estimate of drug-likeness (QED) is 0.175. The molecule has 4 N–H and O–H groups in total. The van der Waals surface area contributed by atoms with Gasteiger partial charge in [-0.3, -0.25) is 24.0 Å². The van der Waals surface area contributed by atoms with Gasteiger partial charge in [0.15, 0.2) is 0 Å². The number of methoxy groups -OCH3 is 1. The Morgan fingerprint density at radius 1 is 0.809 bits per heavy atom. The molecule has 3 atom stereocenters. The van der Waals surface area contributed by atoms with Crippen LogP contribution >= 0.6 is 11.6 Å². The molecule has 0 spiro atoms. The fourth-order valence-electron chi connectivity index (χ4n) is 3.90. The Morgan fingerprint density at radius 2 is 1.40 bits per heavy atom. The van der Waals surface area contributed by atoms with E-state index in [4.69, 9.17) is 16.3 Å². The van der Waals surface area contributed by atoms with Crippen molar-refractivity contribution in [1.29, 1.82) is 0 Å². The van der Waals surface area contributed by atoms with Crippen LogP contribution in [0.25, 0.3) is 0 Å². The van der Waals surface area contributed by atoms with Gasteiger partial charge in [0, 0.05) is 10.6 Å². The van der Waals surface area contributed by atoms with E-state index in [0.717, 1.165) is 24.4 Å². The molecule has 4 amide bonds. The van der Waals surface area contributed by atoms with E-state index in [1.165, 1.54) is 57.4 Å². The molecule has 18 heteroatoms. The van der Waals surface area contributed by atoms with Crippen molar-refractivity contribution in [1.82, 2.24) is 21.3 Å². The molecule has 2 aromatic rings. The first-order valence-corrected chi connectivity index (χ1v) is 14.0. The molecule has 258 valence electrons. The van der Waals surface area contributed by atoms with Gasteiger partial charge < -0.3 is 26.0 Å². The molecule has 0 aliphatic heterocycles. The van der Waals surface area contributed by atoms with E-state index >= 15 is 0 Å². The molecule has 0 aliphatic carbocycles. The third kappa shape index (κ3) is 10.3. The van der Waals surface area contributed by atoms with Gasteiger partial charge in [0.05, 0.1) is 13.2 Å². The van der Waals surface area contributed by atoms with Gasteiger partial charge in [-0.05, 0) is 42.7 Å². The maximum absolute atomic E-state index is 14.8. The number of hydrogen-bond acceptors (Lipinski definition) is 6. The lowest BCUT2D eigenvalue weighted by atomic mass is 9.94. The summed E-state index contributed by atoms with van der Waals surface area (Å²) in [6.45, 7) is 1.22. The van der Waals surface area contributed by atoms with Crippen molar-refractivity contribution in [2.75, 3.05) is 13.7 Å². The van der Waals surface area contributed by atoms with E-state index in [0.29, 0.717) is 0 Å². The SMILES string of the molecule is COc1ccc(C(NC(=O)C(C)NC(=O)C(F)(F)c2cccc(Cl)c2)C(=O)NC(C(=O)C(F)(F)C(=O)NCC(F)(F)F)C(C)C)cc1. The Hall–Kier alpha value is -4.41. The monoisotopic (exact) mass is 698 g/mol. The number of carbonyl (C=O) groups excluding carboxylic acids is 5. The Morgan fingerprint density at radius 3 is 1.91 bits per heavy atom. The molecule has 0 heterocycles. The summed E-state index contributed by atoms with van der Waals surface area (Å²) in [6.07, 6.45) is -5.06. The van der Waals surface area contributed by atoms with Crippen LogP contribution in [0.1, 0.15) is 37.9 Å². The van der Waals surface area contributed by atoms with Crippen molar-refractivity contribution < 1.29 is 59.4 Å². The normalized spacial score (nSPS) is 14.0. The largest absolute Gasteiger partial charge is 0.497 e. The fraction of sp³-hybridized carbons (Fsp3) is 0.414. The summed E-state index contributed by atoms with van der Waals surface area (Å²) >= 11 is 5.72. The van der Waals surface area contributed by atoms with E-state index in [9.17, 15) is 54.7 Å². The van der Waals surface area contributed by atoms with Gasteiger partial charge >= 0.3 is 18.0 Å². The number of alkyl halides is 7. The number of ether oxygens (including phenoxy) is 1. The summed E-state index contributed by atoms with van der Waals surface area (Å²) in [5.41, 5.74) is -0.817. The van der Waals surface area contributed by atoms with Gasteiger partial charge in [0.2, 0.25) is 17.6 Å². The number of amides is 4. The Labute approximate surface area is 268 Å². The molecule has 10 nitrogen and oxygen atoms in total. The van der Waals surface area contributed by atoms with E-state index in [2.05, 4.69) is 5.32 Å².